The van der Waals surface area contributed by atoms with Gasteiger partial charge in [0.15, 0.2) is 0 Å². The summed E-state index contributed by atoms with van der Waals surface area (Å²) in [6, 6.07) is 2.21. The van der Waals surface area contributed by atoms with Crippen LogP contribution >= 0.6 is 0 Å². The lowest BCUT2D eigenvalue weighted by atomic mass is 9.93. The van der Waals surface area contributed by atoms with E-state index in [9.17, 15) is 4.79 Å². The number of aryl methyl sites for hydroxylation is 2. The number of nitrogens with zero attached hydrogens (tertiary/aromatic N) is 4. The summed E-state index contributed by atoms with van der Waals surface area (Å²) in [6.45, 7) is 7.74. The van der Waals surface area contributed by atoms with Gasteiger partial charge in [-0.25, -0.2) is 4.98 Å². The van der Waals surface area contributed by atoms with Crippen molar-refractivity contribution in [2.45, 2.75) is 65.1 Å². The molecule has 3 heterocycles. The first-order chi connectivity index (χ1) is 13.2. The highest BCUT2D eigenvalue weighted by molar-refractivity contribution is 5.93. The summed E-state index contributed by atoms with van der Waals surface area (Å²) in [5.74, 6) is 0.978. The van der Waals surface area contributed by atoms with Crippen LogP contribution in [0.2, 0.25) is 0 Å². The van der Waals surface area contributed by atoms with E-state index >= 15 is 0 Å². The Morgan fingerprint density at radius 3 is 2.93 bits per heavy atom. The van der Waals surface area contributed by atoms with Crippen molar-refractivity contribution in [1.29, 1.82) is 0 Å². The maximum atomic E-state index is 13.4. The highest BCUT2D eigenvalue weighted by Crippen LogP contribution is 2.56. The molecular formula is C20H30N6O. The van der Waals surface area contributed by atoms with Crippen LogP contribution in [0.4, 0.5) is 0 Å². The van der Waals surface area contributed by atoms with Crippen LogP contribution in [0.1, 0.15) is 61.5 Å². The number of amides is 1. The predicted molar refractivity (Wildman–Crippen MR) is 103 cm³/mol. The number of hydrogen-bond donors (Lipinski definition) is 2. The third-order valence-corrected chi connectivity index (χ3v) is 6.21. The molecule has 0 bridgehead atoms. The highest BCUT2D eigenvalue weighted by Gasteiger charge is 2.58. The number of carbonyl (C=O) groups is 1. The van der Waals surface area contributed by atoms with E-state index in [2.05, 4.69) is 38.9 Å². The van der Waals surface area contributed by atoms with Crippen LogP contribution in [0, 0.1) is 5.41 Å². The Kier molecular flexibility index (Phi) is 5.04. The summed E-state index contributed by atoms with van der Waals surface area (Å²) in [6.07, 6.45) is 9.14. The Morgan fingerprint density at radius 2 is 2.19 bits per heavy atom. The van der Waals surface area contributed by atoms with Gasteiger partial charge in [0.05, 0.1) is 6.54 Å². The quantitative estimate of drug-likeness (QED) is 0.784. The number of imidazole rings is 1. The van der Waals surface area contributed by atoms with Crippen LogP contribution in [-0.2, 0) is 19.5 Å². The van der Waals surface area contributed by atoms with E-state index in [4.69, 9.17) is 0 Å². The van der Waals surface area contributed by atoms with Crippen molar-refractivity contribution in [3.8, 4) is 0 Å². The van der Waals surface area contributed by atoms with Crippen molar-refractivity contribution in [2.24, 2.45) is 5.41 Å². The molecule has 2 aromatic heterocycles. The fourth-order valence-corrected chi connectivity index (χ4v) is 4.50. The van der Waals surface area contributed by atoms with Crippen molar-refractivity contribution < 1.29 is 4.79 Å². The molecule has 0 radical (unpaired) electrons. The monoisotopic (exact) mass is 370 g/mol. The largest absolute Gasteiger partial charge is 0.334 e. The second-order valence-electron chi connectivity index (χ2n) is 7.92. The first-order valence-corrected chi connectivity index (χ1v) is 10.2. The van der Waals surface area contributed by atoms with Gasteiger partial charge in [-0.2, -0.15) is 5.10 Å². The number of rotatable bonds is 7. The Morgan fingerprint density at radius 1 is 1.37 bits per heavy atom. The van der Waals surface area contributed by atoms with Gasteiger partial charge in [-0.3, -0.25) is 9.89 Å². The molecular weight excluding hydrogens is 340 g/mol. The number of hydrogen-bond acceptors (Lipinski definition) is 4. The Bertz CT molecular complexity index is 788. The second kappa shape index (κ2) is 7.46. The van der Waals surface area contributed by atoms with E-state index in [1.807, 2.05) is 23.4 Å². The molecule has 2 aromatic rings. The third kappa shape index (κ3) is 3.52. The van der Waals surface area contributed by atoms with Crippen LogP contribution in [0.25, 0.3) is 0 Å². The van der Waals surface area contributed by atoms with Crippen molar-refractivity contribution in [3.63, 3.8) is 0 Å². The fourth-order valence-electron chi connectivity index (χ4n) is 4.50. The number of aromatic amines is 1. The van der Waals surface area contributed by atoms with Crippen molar-refractivity contribution in [3.05, 3.63) is 35.7 Å². The van der Waals surface area contributed by atoms with Gasteiger partial charge in [0.2, 0.25) is 0 Å². The molecule has 1 amide bonds. The van der Waals surface area contributed by atoms with Crippen molar-refractivity contribution >= 4 is 5.91 Å². The molecule has 4 rings (SSSR count). The zero-order valence-corrected chi connectivity index (χ0v) is 16.4. The fraction of sp³-hybridized carbons (Fsp3) is 0.650. The number of aromatic nitrogens is 4. The minimum atomic E-state index is 0.0275. The Balaban J connectivity index is 1.58. The molecule has 1 aliphatic heterocycles. The average Bonchev–Trinajstić information content (AvgIpc) is 3.06. The molecule has 7 heteroatoms. The number of nitrogens with one attached hydrogen (secondary N) is 2. The lowest BCUT2D eigenvalue weighted by Gasteiger charge is -2.29. The topological polar surface area (TPSA) is 78.8 Å². The van der Waals surface area contributed by atoms with Gasteiger partial charge < -0.3 is 14.8 Å². The van der Waals surface area contributed by atoms with E-state index in [1.54, 1.807) is 0 Å². The smallest absolute Gasteiger partial charge is 0.275 e. The van der Waals surface area contributed by atoms with Crippen molar-refractivity contribution in [2.75, 3.05) is 13.1 Å². The summed E-state index contributed by atoms with van der Waals surface area (Å²) in [4.78, 5) is 19.9. The van der Waals surface area contributed by atoms with Gasteiger partial charge in [-0.05, 0) is 57.2 Å². The van der Waals surface area contributed by atoms with Gasteiger partial charge in [-0.1, -0.05) is 13.3 Å². The molecule has 2 aliphatic rings. The molecule has 146 valence electrons. The summed E-state index contributed by atoms with van der Waals surface area (Å²) < 4.78 is 2.12. The first-order valence-electron chi connectivity index (χ1n) is 10.2. The zero-order chi connectivity index (χ0) is 18.9. The molecule has 2 fully saturated rings. The van der Waals surface area contributed by atoms with E-state index < -0.39 is 0 Å². The van der Waals surface area contributed by atoms with Gasteiger partial charge in [-0.15, -0.1) is 0 Å². The molecule has 0 unspecified atom stereocenters. The Labute approximate surface area is 160 Å². The second-order valence-corrected chi connectivity index (χ2v) is 7.92. The molecule has 1 aliphatic carbocycles. The molecule has 1 saturated heterocycles. The van der Waals surface area contributed by atoms with E-state index in [-0.39, 0.29) is 11.3 Å². The molecule has 1 atom stereocenters. The van der Waals surface area contributed by atoms with Gasteiger partial charge in [0.1, 0.15) is 11.5 Å². The zero-order valence-electron chi connectivity index (χ0n) is 16.4. The van der Waals surface area contributed by atoms with Crippen LogP contribution < -0.4 is 5.32 Å². The molecule has 1 spiro atoms. The third-order valence-electron chi connectivity index (χ3n) is 6.21. The summed E-state index contributed by atoms with van der Waals surface area (Å²) in [5.41, 5.74) is 1.85. The lowest BCUT2D eigenvalue weighted by Crippen LogP contribution is -2.39. The summed E-state index contributed by atoms with van der Waals surface area (Å²) in [5, 5.41) is 10.8. The van der Waals surface area contributed by atoms with Crippen LogP contribution in [0.15, 0.2) is 18.5 Å². The summed E-state index contributed by atoms with van der Waals surface area (Å²) >= 11 is 0. The standard InChI is InChI=1S/C20H30N6O/c1-3-5-15-12-16(24-23-15)19(27)26(14-18-22-10-11-25(18)4-2)17-13-20(17)6-8-21-9-7-20/h10-12,17,21H,3-9,13-14H2,1-2H3,(H,23,24)/t17-/m1/s1. The van der Waals surface area contributed by atoms with E-state index in [1.165, 1.54) is 0 Å². The molecule has 0 aromatic carbocycles. The Hall–Kier alpha value is -2.15. The minimum absolute atomic E-state index is 0.0275. The van der Waals surface area contributed by atoms with Crippen LogP contribution in [0.3, 0.4) is 0 Å². The molecule has 1 saturated carbocycles. The van der Waals surface area contributed by atoms with Gasteiger partial charge in [0.25, 0.3) is 5.91 Å². The molecule has 2 N–H and O–H groups in total. The van der Waals surface area contributed by atoms with Crippen LogP contribution in [0.5, 0.6) is 0 Å². The maximum Gasteiger partial charge on any atom is 0.275 e. The molecule has 27 heavy (non-hydrogen) atoms. The summed E-state index contributed by atoms with van der Waals surface area (Å²) in [7, 11) is 0. The predicted octanol–water partition coefficient (Wildman–Crippen LogP) is 2.36. The number of carbonyl (C=O) groups excluding carboxylic acids is 1. The average molecular weight is 371 g/mol. The first kappa shape index (κ1) is 18.2. The van der Waals surface area contributed by atoms with Gasteiger partial charge in [0, 0.05) is 30.7 Å². The van der Waals surface area contributed by atoms with Crippen molar-refractivity contribution in [1.82, 2.24) is 30.0 Å². The number of piperidine rings is 1. The highest BCUT2D eigenvalue weighted by atomic mass is 16.2. The lowest BCUT2D eigenvalue weighted by molar-refractivity contribution is 0.0679. The van der Waals surface area contributed by atoms with E-state index in [0.717, 1.165) is 63.3 Å². The maximum absolute atomic E-state index is 13.4. The van der Waals surface area contributed by atoms with E-state index in [0.29, 0.717) is 18.3 Å². The molecule has 7 nitrogen and oxygen atoms in total. The van der Waals surface area contributed by atoms with Crippen LogP contribution in [-0.4, -0.2) is 49.7 Å². The van der Waals surface area contributed by atoms with Gasteiger partial charge >= 0.3 is 0 Å². The normalized spacial score (nSPS) is 20.7. The number of H-pyrrole nitrogens is 1. The minimum Gasteiger partial charge on any atom is -0.334 e. The SMILES string of the molecule is CCCc1cc(C(=O)N(Cc2nccn2CC)[C@@H]2CC23CCNCC3)n[nH]1.